The topological polar surface area (TPSA) is 81.5 Å². The van der Waals surface area contributed by atoms with Crippen LogP contribution in [0.15, 0.2) is 4.99 Å². The highest BCUT2D eigenvalue weighted by Crippen LogP contribution is 2.13. The Hall–Kier alpha value is -1.06. The molecule has 4 heteroatoms. The number of carbonyl (C=O) groups excluding carboxylic acids is 1. The summed E-state index contributed by atoms with van der Waals surface area (Å²) in [4.78, 5) is 14.9. The lowest BCUT2D eigenvalue weighted by molar-refractivity contribution is -0.121. The second kappa shape index (κ2) is 6.46. The number of hydrogen-bond acceptors (Lipinski definition) is 1. The number of unbranched alkanes of at least 4 members (excludes halogenated alkanes) is 1. The summed E-state index contributed by atoms with van der Waals surface area (Å²) in [6.07, 6.45) is 3.81. The first-order valence-electron chi connectivity index (χ1n) is 4.75. The third-order valence-electron chi connectivity index (χ3n) is 1.99. The molecule has 4 nitrogen and oxygen atoms in total. The monoisotopic (exact) mass is 185 g/mol. The van der Waals surface area contributed by atoms with Crippen molar-refractivity contribution < 1.29 is 4.79 Å². The predicted molar refractivity (Wildman–Crippen MR) is 54.1 cm³/mol. The summed E-state index contributed by atoms with van der Waals surface area (Å²) >= 11 is 0. The van der Waals surface area contributed by atoms with Crippen molar-refractivity contribution in [2.75, 3.05) is 0 Å². The van der Waals surface area contributed by atoms with Gasteiger partial charge in [0.1, 0.15) is 0 Å². The lowest BCUT2D eigenvalue weighted by atomic mass is 9.99. The Balaban J connectivity index is 4.07. The van der Waals surface area contributed by atoms with Gasteiger partial charge in [-0.3, -0.25) is 4.79 Å². The van der Waals surface area contributed by atoms with E-state index in [2.05, 4.69) is 11.9 Å². The molecule has 0 saturated heterocycles. The Kier molecular flexibility index (Phi) is 5.93. The molecule has 0 saturated carbocycles. The van der Waals surface area contributed by atoms with Crippen molar-refractivity contribution in [1.29, 1.82) is 0 Å². The largest absolute Gasteiger partial charge is 0.370 e. The van der Waals surface area contributed by atoms with E-state index in [-0.39, 0.29) is 17.8 Å². The number of nitrogens with zero attached hydrogens (tertiary/aromatic N) is 1. The summed E-state index contributed by atoms with van der Waals surface area (Å²) in [7, 11) is 0. The van der Waals surface area contributed by atoms with Gasteiger partial charge in [-0.1, -0.05) is 26.7 Å². The van der Waals surface area contributed by atoms with Crippen LogP contribution < -0.4 is 11.5 Å². The number of nitrogens with two attached hydrogens (primary N) is 2. The van der Waals surface area contributed by atoms with Crippen LogP contribution in [0, 0.1) is 5.92 Å². The van der Waals surface area contributed by atoms with Crippen molar-refractivity contribution in [3.63, 3.8) is 0 Å². The summed E-state index contributed by atoms with van der Waals surface area (Å²) in [6.45, 7) is 4.07. The van der Waals surface area contributed by atoms with Gasteiger partial charge >= 0.3 is 0 Å². The van der Waals surface area contributed by atoms with Crippen LogP contribution in [0.5, 0.6) is 0 Å². The fourth-order valence-electron chi connectivity index (χ4n) is 1.17. The lowest BCUT2D eigenvalue weighted by Gasteiger charge is -2.09. The summed E-state index contributed by atoms with van der Waals surface area (Å²) < 4.78 is 0. The molecule has 0 aromatic heterocycles. The van der Waals surface area contributed by atoms with Gasteiger partial charge in [0.25, 0.3) is 5.91 Å². The van der Waals surface area contributed by atoms with Gasteiger partial charge < -0.3 is 11.5 Å². The normalized spacial score (nSPS) is 12.2. The van der Waals surface area contributed by atoms with Crippen molar-refractivity contribution in [3.05, 3.63) is 0 Å². The molecule has 76 valence electrons. The second-order valence-corrected chi connectivity index (χ2v) is 3.12. The minimum Gasteiger partial charge on any atom is -0.370 e. The Morgan fingerprint density at radius 3 is 2.38 bits per heavy atom. The molecule has 0 aromatic carbocycles. The lowest BCUT2D eigenvalue weighted by Crippen LogP contribution is -2.26. The van der Waals surface area contributed by atoms with Crippen LogP contribution in [0.3, 0.4) is 0 Å². The highest BCUT2D eigenvalue weighted by molar-refractivity contribution is 5.92. The van der Waals surface area contributed by atoms with Gasteiger partial charge in [0.15, 0.2) is 5.96 Å². The van der Waals surface area contributed by atoms with Crippen molar-refractivity contribution in [2.24, 2.45) is 22.4 Å². The molecule has 0 heterocycles. The van der Waals surface area contributed by atoms with Crippen molar-refractivity contribution in [1.82, 2.24) is 0 Å². The molecule has 13 heavy (non-hydrogen) atoms. The number of rotatable bonds is 5. The zero-order valence-corrected chi connectivity index (χ0v) is 8.42. The molecular formula is C9H19N3O. The van der Waals surface area contributed by atoms with E-state index in [9.17, 15) is 4.79 Å². The van der Waals surface area contributed by atoms with E-state index >= 15 is 0 Å². The van der Waals surface area contributed by atoms with Crippen LogP contribution in [0.4, 0.5) is 0 Å². The van der Waals surface area contributed by atoms with Crippen molar-refractivity contribution in [3.8, 4) is 0 Å². The first-order chi connectivity index (χ1) is 6.11. The number of carbonyl (C=O) groups is 1. The highest BCUT2D eigenvalue weighted by atomic mass is 16.1. The number of amides is 1. The van der Waals surface area contributed by atoms with Crippen molar-refractivity contribution >= 4 is 11.9 Å². The van der Waals surface area contributed by atoms with Crippen LogP contribution >= 0.6 is 0 Å². The molecule has 1 amide bonds. The van der Waals surface area contributed by atoms with E-state index in [0.717, 1.165) is 25.7 Å². The molecule has 0 aliphatic carbocycles. The van der Waals surface area contributed by atoms with Gasteiger partial charge in [-0.05, 0) is 12.8 Å². The zero-order chi connectivity index (χ0) is 10.3. The maximum Gasteiger partial charge on any atom is 0.251 e. The molecule has 0 bridgehead atoms. The van der Waals surface area contributed by atoms with E-state index in [1.807, 2.05) is 6.92 Å². The third kappa shape index (κ3) is 5.22. The van der Waals surface area contributed by atoms with E-state index < -0.39 is 0 Å². The second-order valence-electron chi connectivity index (χ2n) is 3.12. The smallest absolute Gasteiger partial charge is 0.251 e. The zero-order valence-electron chi connectivity index (χ0n) is 8.42. The maximum absolute atomic E-state index is 11.3. The molecule has 0 aliphatic rings. The van der Waals surface area contributed by atoms with Crippen LogP contribution in [0.25, 0.3) is 0 Å². The number of hydrogen-bond donors (Lipinski definition) is 2. The van der Waals surface area contributed by atoms with Crippen LogP contribution in [-0.2, 0) is 4.79 Å². The Labute approximate surface area is 79.4 Å². The molecule has 0 fully saturated rings. The van der Waals surface area contributed by atoms with E-state index in [1.165, 1.54) is 0 Å². The van der Waals surface area contributed by atoms with Gasteiger partial charge in [0.2, 0.25) is 0 Å². The minimum absolute atomic E-state index is 0.0120. The molecular weight excluding hydrogens is 166 g/mol. The summed E-state index contributed by atoms with van der Waals surface area (Å²) in [6, 6.07) is 0. The Morgan fingerprint density at radius 2 is 2.00 bits per heavy atom. The van der Waals surface area contributed by atoms with Gasteiger partial charge in [-0.2, -0.15) is 4.99 Å². The maximum atomic E-state index is 11.3. The molecule has 0 aliphatic heterocycles. The standard InChI is InChI=1S/C9H19N3O/c1-3-5-6-7(4-2)8(13)12-9(10)11/h7H,3-6H2,1-2H3,(H4,10,11,12,13). The molecule has 1 unspecified atom stereocenters. The quantitative estimate of drug-likeness (QED) is 0.495. The molecule has 0 aromatic rings. The van der Waals surface area contributed by atoms with Gasteiger partial charge in [-0.25, -0.2) is 0 Å². The van der Waals surface area contributed by atoms with Gasteiger partial charge in [0.05, 0.1) is 0 Å². The molecule has 0 rings (SSSR count). The molecule has 0 spiro atoms. The highest BCUT2D eigenvalue weighted by Gasteiger charge is 2.14. The molecule has 1 atom stereocenters. The SMILES string of the molecule is CCCCC(CC)C(=O)N=C(N)N. The van der Waals surface area contributed by atoms with E-state index in [0.29, 0.717) is 0 Å². The fraction of sp³-hybridized carbons (Fsp3) is 0.778. The third-order valence-corrected chi connectivity index (χ3v) is 1.99. The summed E-state index contributed by atoms with van der Waals surface area (Å²) in [5.41, 5.74) is 10.2. The van der Waals surface area contributed by atoms with Gasteiger partial charge in [-0.15, -0.1) is 0 Å². The average molecular weight is 185 g/mol. The van der Waals surface area contributed by atoms with E-state index in [1.54, 1.807) is 0 Å². The number of aliphatic imine (C=N–C) groups is 1. The molecule has 0 radical (unpaired) electrons. The minimum atomic E-state index is -0.184. The van der Waals surface area contributed by atoms with E-state index in [4.69, 9.17) is 11.5 Å². The fourth-order valence-corrected chi connectivity index (χ4v) is 1.17. The summed E-state index contributed by atoms with van der Waals surface area (Å²) in [5, 5.41) is 0. The number of guanidine groups is 1. The molecule has 4 N–H and O–H groups in total. The Morgan fingerprint density at radius 1 is 1.38 bits per heavy atom. The Bertz CT molecular complexity index is 185. The predicted octanol–water partition coefficient (Wildman–Crippen LogP) is 1.00. The van der Waals surface area contributed by atoms with Gasteiger partial charge in [0, 0.05) is 5.92 Å². The van der Waals surface area contributed by atoms with Crippen LogP contribution in [0.1, 0.15) is 39.5 Å². The van der Waals surface area contributed by atoms with Crippen LogP contribution in [-0.4, -0.2) is 11.9 Å². The first kappa shape index (κ1) is 11.9. The first-order valence-corrected chi connectivity index (χ1v) is 4.75. The average Bonchev–Trinajstić information content (AvgIpc) is 2.04. The summed E-state index contributed by atoms with van der Waals surface area (Å²) in [5.74, 6) is -0.335. The van der Waals surface area contributed by atoms with Crippen LogP contribution in [0.2, 0.25) is 0 Å². The van der Waals surface area contributed by atoms with Crippen molar-refractivity contribution in [2.45, 2.75) is 39.5 Å².